The van der Waals surface area contributed by atoms with Crippen LogP contribution in [0.15, 0.2) is 48.5 Å². The molecule has 0 aliphatic carbocycles. The van der Waals surface area contributed by atoms with Crippen molar-refractivity contribution in [3.8, 4) is 11.5 Å². The first-order valence-corrected chi connectivity index (χ1v) is 11.3. The van der Waals surface area contributed by atoms with E-state index in [1.165, 1.54) is 11.1 Å². The fourth-order valence-electron chi connectivity index (χ4n) is 4.23. The molecule has 166 valence electrons. The quantitative estimate of drug-likeness (QED) is 0.325. The van der Waals surface area contributed by atoms with Crippen LogP contribution in [0.3, 0.4) is 0 Å². The zero-order valence-corrected chi connectivity index (χ0v) is 18.4. The predicted octanol–water partition coefficient (Wildman–Crippen LogP) is 5.53. The number of benzene rings is 2. The lowest BCUT2D eigenvalue weighted by molar-refractivity contribution is 0.172. The highest BCUT2D eigenvalue weighted by Gasteiger charge is 2.24. The summed E-state index contributed by atoms with van der Waals surface area (Å²) in [5.41, 5.74) is 2.38. The minimum Gasteiger partial charge on any atom is -0.508 e. The van der Waals surface area contributed by atoms with Gasteiger partial charge in [0.25, 0.3) is 0 Å². The standard InChI is InChI=1S/C26H38O4/c1-19(27)6-3-4-8-22(9-5-7-20(2)28)26(23-12-16-25(30)17-13-23)18-21-10-14-24(29)15-11-21/h10-17,19-20,22,26-30H,3-9,18H2,1-2H3. The Labute approximate surface area is 181 Å². The first kappa shape index (κ1) is 24.2. The van der Waals surface area contributed by atoms with Crippen LogP contribution in [0.5, 0.6) is 11.5 Å². The second-order valence-electron chi connectivity index (χ2n) is 8.74. The van der Waals surface area contributed by atoms with Crippen molar-refractivity contribution in [2.45, 2.75) is 83.3 Å². The van der Waals surface area contributed by atoms with E-state index in [1.54, 1.807) is 24.3 Å². The van der Waals surface area contributed by atoms with E-state index in [2.05, 4.69) is 0 Å². The topological polar surface area (TPSA) is 80.9 Å². The molecular formula is C26H38O4. The third-order valence-corrected chi connectivity index (χ3v) is 5.93. The van der Waals surface area contributed by atoms with Gasteiger partial charge < -0.3 is 20.4 Å². The number of aliphatic hydroxyl groups excluding tert-OH is 2. The summed E-state index contributed by atoms with van der Waals surface area (Å²) in [4.78, 5) is 0. The maximum Gasteiger partial charge on any atom is 0.115 e. The van der Waals surface area contributed by atoms with Crippen molar-refractivity contribution in [1.82, 2.24) is 0 Å². The van der Waals surface area contributed by atoms with E-state index in [-0.39, 0.29) is 29.6 Å². The van der Waals surface area contributed by atoms with Crippen LogP contribution in [0, 0.1) is 5.92 Å². The zero-order chi connectivity index (χ0) is 21.9. The Morgan fingerprint density at radius 1 is 0.633 bits per heavy atom. The monoisotopic (exact) mass is 414 g/mol. The molecule has 2 rings (SSSR count). The van der Waals surface area contributed by atoms with Gasteiger partial charge in [-0.1, -0.05) is 43.5 Å². The summed E-state index contributed by atoms with van der Waals surface area (Å²) in [7, 11) is 0. The molecule has 2 aromatic carbocycles. The van der Waals surface area contributed by atoms with Gasteiger partial charge in [0.05, 0.1) is 12.2 Å². The van der Waals surface area contributed by atoms with Crippen LogP contribution in [0.25, 0.3) is 0 Å². The third kappa shape index (κ3) is 8.76. The molecule has 4 nitrogen and oxygen atoms in total. The molecule has 2 aromatic rings. The van der Waals surface area contributed by atoms with E-state index >= 15 is 0 Å². The Hall–Kier alpha value is -2.04. The number of aromatic hydroxyl groups is 2. The number of hydrogen-bond acceptors (Lipinski definition) is 4. The van der Waals surface area contributed by atoms with Crippen LogP contribution in [-0.2, 0) is 6.42 Å². The van der Waals surface area contributed by atoms with Crippen molar-refractivity contribution < 1.29 is 20.4 Å². The Balaban J connectivity index is 2.21. The Kier molecular flexibility index (Phi) is 10.2. The lowest BCUT2D eigenvalue weighted by Gasteiger charge is -2.29. The third-order valence-electron chi connectivity index (χ3n) is 5.93. The van der Waals surface area contributed by atoms with Crippen LogP contribution in [0.4, 0.5) is 0 Å². The summed E-state index contributed by atoms with van der Waals surface area (Å²) in [5, 5.41) is 38.7. The molecule has 0 saturated carbocycles. The maximum absolute atomic E-state index is 9.75. The molecular weight excluding hydrogens is 376 g/mol. The van der Waals surface area contributed by atoms with Crippen LogP contribution < -0.4 is 0 Å². The largest absolute Gasteiger partial charge is 0.508 e. The van der Waals surface area contributed by atoms with Crippen molar-refractivity contribution in [1.29, 1.82) is 0 Å². The molecule has 4 N–H and O–H groups in total. The molecule has 0 radical (unpaired) electrons. The van der Waals surface area contributed by atoms with Gasteiger partial charge in [0.15, 0.2) is 0 Å². The number of phenols is 2. The summed E-state index contributed by atoms with van der Waals surface area (Å²) in [6.07, 6.45) is 7.07. The minimum absolute atomic E-state index is 0.261. The minimum atomic E-state index is -0.287. The smallest absolute Gasteiger partial charge is 0.115 e. The number of unbranched alkanes of at least 4 members (excludes halogenated alkanes) is 1. The van der Waals surface area contributed by atoms with E-state index in [0.717, 1.165) is 51.4 Å². The zero-order valence-electron chi connectivity index (χ0n) is 18.4. The molecule has 0 spiro atoms. The molecule has 0 fully saturated rings. The summed E-state index contributed by atoms with van der Waals surface area (Å²) in [6, 6.07) is 14.9. The van der Waals surface area contributed by atoms with Crippen molar-refractivity contribution in [2.75, 3.05) is 0 Å². The van der Waals surface area contributed by atoms with Gasteiger partial charge in [-0.2, -0.15) is 0 Å². The van der Waals surface area contributed by atoms with Crippen molar-refractivity contribution in [2.24, 2.45) is 5.92 Å². The second-order valence-corrected chi connectivity index (χ2v) is 8.74. The average Bonchev–Trinajstić information content (AvgIpc) is 2.70. The SMILES string of the molecule is CC(O)CCCCC(CCCC(C)O)C(Cc1ccc(O)cc1)c1ccc(O)cc1. The summed E-state index contributed by atoms with van der Waals surface area (Å²) in [5.74, 6) is 1.27. The summed E-state index contributed by atoms with van der Waals surface area (Å²) < 4.78 is 0. The van der Waals surface area contributed by atoms with Crippen LogP contribution in [0.1, 0.15) is 75.8 Å². The van der Waals surface area contributed by atoms with E-state index in [0.29, 0.717) is 5.92 Å². The number of rotatable bonds is 13. The first-order valence-electron chi connectivity index (χ1n) is 11.3. The Morgan fingerprint density at radius 2 is 1.10 bits per heavy atom. The molecule has 0 amide bonds. The highest BCUT2D eigenvalue weighted by Crippen LogP contribution is 2.36. The molecule has 0 bridgehead atoms. The molecule has 0 heterocycles. The Morgan fingerprint density at radius 3 is 1.67 bits per heavy atom. The Bertz CT molecular complexity index is 707. The van der Waals surface area contributed by atoms with Gasteiger partial charge in [0.1, 0.15) is 11.5 Å². The lowest BCUT2D eigenvalue weighted by Crippen LogP contribution is -2.17. The van der Waals surface area contributed by atoms with Gasteiger partial charge in [0.2, 0.25) is 0 Å². The first-order chi connectivity index (χ1) is 14.3. The average molecular weight is 415 g/mol. The van der Waals surface area contributed by atoms with E-state index in [4.69, 9.17) is 0 Å². The van der Waals surface area contributed by atoms with Crippen LogP contribution in [-0.4, -0.2) is 32.6 Å². The molecule has 0 saturated heterocycles. The van der Waals surface area contributed by atoms with Crippen molar-refractivity contribution in [3.05, 3.63) is 59.7 Å². The van der Waals surface area contributed by atoms with Gasteiger partial charge in [-0.15, -0.1) is 0 Å². The van der Waals surface area contributed by atoms with Crippen molar-refractivity contribution >= 4 is 0 Å². The summed E-state index contributed by atoms with van der Waals surface area (Å²) in [6.45, 7) is 3.68. The molecule has 4 unspecified atom stereocenters. The molecule has 0 aliphatic rings. The fraction of sp³-hybridized carbons (Fsp3) is 0.538. The van der Waals surface area contributed by atoms with Gasteiger partial charge in [-0.3, -0.25) is 0 Å². The summed E-state index contributed by atoms with van der Waals surface area (Å²) >= 11 is 0. The molecule has 4 atom stereocenters. The van der Waals surface area contributed by atoms with Gasteiger partial charge >= 0.3 is 0 Å². The molecule has 4 heteroatoms. The fourth-order valence-corrected chi connectivity index (χ4v) is 4.23. The van der Waals surface area contributed by atoms with Gasteiger partial charge in [-0.05, 0) is 93.2 Å². The normalized spacial score (nSPS) is 15.5. The van der Waals surface area contributed by atoms with Crippen LogP contribution in [0.2, 0.25) is 0 Å². The molecule has 0 aliphatic heterocycles. The predicted molar refractivity (Wildman–Crippen MR) is 122 cm³/mol. The van der Waals surface area contributed by atoms with Crippen molar-refractivity contribution in [3.63, 3.8) is 0 Å². The highest BCUT2D eigenvalue weighted by atomic mass is 16.3. The lowest BCUT2D eigenvalue weighted by atomic mass is 9.76. The number of hydrogen-bond donors (Lipinski definition) is 4. The molecule has 0 aromatic heterocycles. The van der Waals surface area contributed by atoms with E-state index in [1.807, 2.05) is 38.1 Å². The van der Waals surface area contributed by atoms with Gasteiger partial charge in [-0.25, -0.2) is 0 Å². The number of phenolic OH excluding ortho intramolecular Hbond substituents is 2. The molecule has 30 heavy (non-hydrogen) atoms. The second kappa shape index (κ2) is 12.6. The number of aliphatic hydroxyl groups is 2. The van der Waals surface area contributed by atoms with Gasteiger partial charge in [0, 0.05) is 0 Å². The van der Waals surface area contributed by atoms with E-state index < -0.39 is 0 Å². The van der Waals surface area contributed by atoms with E-state index in [9.17, 15) is 20.4 Å². The highest BCUT2D eigenvalue weighted by molar-refractivity contribution is 5.32. The van der Waals surface area contributed by atoms with Crippen LogP contribution >= 0.6 is 0 Å². The maximum atomic E-state index is 9.75.